The molecule has 0 spiro atoms. The zero-order chi connectivity index (χ0) is 23.0. The standard InChI is InChI=1S/C22H33N3O5S/c1-5-25(6-2)12-13-30-21(29)18-22(3,4)31-19(24-18)17(20(27)28)23-16(26)14-15-10-8-7-9-11-15/h7-11,17-19,24H,5-6,12-14H2,1-4H3,(H,23,26)(H,27,28)/t17-,18-,19+/m0/s1. The minimum absolute atomic E-state index is 0.0855. The first kappa shape index (κ1) is 25.2. The number of carboxylic acid groups (broad SMARTS) is 1. The van der Waals surface area contributed by atoms with Gasteiger partial charge in [-0.25, -0.2) is 4.79 Å². The number of hydrogen-bond donors (Lipinski definition) is 3. The van der Waals surface area contributed by atoms with Crippen molar-refractivity contribution in [3.63, 3.8) is 0 Å². The Labute approximate surface area is 188 Å². The Kier molecular flexibility index (Phi) is 9.33. The summed E-state index contributed by atoms with van der Waals surface area (Å²) in [5.41, 5.74) is 0.797. The molecule has 31 heavy (non-hydrogen) atoms. The van der Waals surface area contributed by atoms with E-state index in [9.17, 15) is 19.5 Å². The lowest BCUT2D eigenvalue weighted by molar-refractivity contribution is -0.148. The summed E-state index contributed by atoms with van der Waals surface area (Å²) in [6.07, 6.45) is 0.0855. The van der Waals surface area contributed by atoms with Crippen LogP contribution < -0.4 is 10.6 Å². The van der Waals surface area contributed by atoms with Crippen molar-refractivity contribution in [3.8, 4) is 0 Å². The maximum Gasteiger partial charge on any atom is 0.328 e. The molecule has 1 saturated heterocycles. The molecular formula is C22H33N3O5S. The fraction of sp³-hybridized carbons (Fsp3) is 0.591. The molecular weight excluding hydrogens is 418 g/mol. The van der Waals surface area contributed by atoms with Gasteiger partial charge in [-0.3, -0.25) is 14.9 Å². The molecule has 1 aromatic rings. The number of nitrogens with one attached hydrogen (secondary N) is 2. The first-order valence-corrected chi connectivity index (χ1v) is 11.4. The number of esters is 1. The number of hydrogen-bond acceptors (Lipinski definition) is 7. The van der Waals surface area contributed by atoms with Crippen LogP contribution in [0.3, 0.4) is 0 Å². The van der Waals surface area contributed by atoms with Gasteiger partial charge in [0.15, 0.2) is 6.04 Å². The summed E-state index contributed by atoms with van der Waals surface area (Å²) in [4.78, 5) is 39.1. The highest BCUT2D eigenvalue weighted by Crippen LogP contribution is 2.39. The number of carbonyl (C=O) groups excluding carboxylic acids is 2. The maximum atomic E-state index is 12.7. The second-order valence-electron chi connectivity index (χ2n) is 7.98. The third kappa shape index (κ3) is 7.22. The van der Waals surface area contributed by atoms with Gasteiger partial charge in [0.1, 0.15) is 12.6 Å². The average molecular weight is 452 g/mol. The molecule has 8 nitrogen and oxygen atoms in total. The molecule has 1 aliphatic heterocycles. The van der Waals surface area contributed by atoms with Crippen molar-refractivity contribution in [1.29, 1.82) is 0 Å². The number of carbonyl (C=O) groups is 3. The molecule has 0 aromatic heterocycles. The zero-order valence-electron chi connectivity index (χ0n) is 18.6. The van der Waals surface area contributed by atoms with Gasteiger partial charge in [0, 0.05) is 11.3 Å². The van der Waals surface area contributed by atoms with Crippen molar-refractivity contribution < 1.29 is 24.2 Å². The number of ether oxygens (including phenoxy) is 1. The number of aliphatic carboxylic acids is 1. The van der Waals surface area contributed by atoms with Crippen molar-refractivity contribution in [2.45, 2.75) is 56.3 Å². The minimum Gasteiger partial charge on any atom is -0.480 e. The average Bonchev–Trinajstić information content (AvgIpc) is 3.04. The van der Waals surface area contributed by atoms with E-state index in [0.717, 1.165) is 18.7 Å². The van der Waals surface area contributed by atoms with Gasteiger partial charge < -0.3 is 20.1 Å². The summed E-state index contributed by atoms with van der Waals surface area (Å²) in [6.45, 7) is 10.5. The Hall–Kier alpha value is -2.10. The molecule has 0 bridgehead atoms. The molecule has 0 radical (unpaired) electrons. The van der Waals surface area contributed by atoms with Crippen LogP contribution >= 0.6 is 11.8 Å². The lowest BCUT2D eigenvalue weighted by Gasteiger charge is -2.24. The Morgan fingerprint density at radius 3 is 2.45 bits per heavy atom. The van der Waals surface area contributed by atoms with Crippen molar-refractivity contribution >= 4 is 29.6 Å². The number of likely N-dealkylation sites (N-methyl/N-ethyl adjacent to an activating group) is 1. The quantitative estimate of drug-likeness (QED) is 0.435. The van der Waals surface area contributed by atoms with Crippen LogP contribution in [-0.4, -0.2) is 76.3 Å². The Morgan fingerprint density at radius 1 is 1.23 bits per heavy atom. The highest BCUT2D eigenvalue weighted by molar-refractivity contribution is 8.01. The van der Waals surface area contributed by atoms with Crippen LogP contribution in [0.2, 0.25) is 0 Å². The van der Waals surface area contributed by atoms with Gasteiger partial charge in [-0.2, -0.15) is 0 Å². The number of nitrogens with zero attached hydrogens (tertiary/aromatic N) is 1. The Bertz CT molecular complexity index is 755. The summed E-state index contributed by atoms with van der Waals surface area (Å²) in [5, 5.41) is 14.7. The Balaban J connectivity index is 1.98. The van der Waals surface area contributed by atoms with Crippen molar-refractivity contribution in [1.82, 2.24) is 15.5 Å². The van der Waals surface area contributed by atoms with Crippen LogP contribution in [-0.2, 0) is 25.5 Å². The molecule has 172 valence electrons. The number of thioether (sulfide) groups is 1. The fourth-order valence-corrected chi connectivity index (χ4v) is 4.96. The molecule has 3 atom stereocenters. The predicted octanol–water partition coefficient (Wildman–Crippen LogP) is 1.49. The molecule has 1 fully saturated rings. The van der Waals surface area contributed by atoms with E-state index < -0.39 is 34.1 Å². The van der Waals surface area contributed by atoms with Gasteiger partial charge in [-0.1, -0.05) is 44.2 Å². The van der Waals surface area contributed by atoms with Gasteiger partial charge >= 0.3 is 11.9 Å². The first-order chi connectivity index (χ1) is 14.7. The number of carboxylic acids is 1. The van der Waals surface area contributed by atoms with Gasteiger partial charge in [0.2, 0.25) is 5.91 Å². The molecule has 0 saturated carbocycles. The van der Waals surface area contributed by atoms with E-state index in [0.29, 0.717) is 6.54 Å². The molecule has 2 rings (SSSR count). The predicted molar refractivity (Wildman–Crippen MR) is 121 cm³/mol. The normalized spacial score (nSPS) is 20.9. The van der Waals surface area contributed by atoms with Crippen LogP contribution in [0, 0.1) is 0 Å². The van der Waals surface area contributed by atoms with Crippen molar-refractivity contribution in [2.75, 3.05) is 26.2 Å². The summed E-state index contributed by atoms with van der Waals surface area (Å²) < 4.78 is 4.86. The van der Waals surface area contributed by atoms with Crippen LogP contribution in [0.1, 0.15) is 33.3 Å². The number of benzene rings is 1. The summed E-state index contributed by atoms with van der Waals surface area (Å²) in [6, 6.07) is 7.27. The van der Waals surface area contributed by atoms with E-state index in [-0.39, 0.29) is 18.9 Å². The second kappa shape index (κ2) is 11.5. The van der Waals surface area contributed by atoms with Crippen molar-refractivity contribution in [3.05, 3.63) is 35.9 Å². The lowest BCUT2D eigenvalue weighted by atomic mass is 10.0. The highest BCUT2D eigenvalue weighted by atomic mass is 32.2. The molecule has 1 aliphatic rings. The van der Waals surface area contributed by atoms with E-state index in [1.54, 1.807) is 0 Å². The first-order valence-electron chi connectivity index (χ1n) is 10.6. The van der Waals surface area contributed by atoms with Crippen LogP contribution in [0.15, 0.2) is 30.3 Å². The van der Waals surface area contributed by atoms with E-state index in [1.807, 2.05) is 58.0 Å². The van der Waals surface area contributed by atoms with Gasteiger partial charge in [0.25, 0.3) is 0 Å². The Morgan fingerprint density at radius 2 is 1.87 bits per heavy atom. The van der Waals surface area contributed by atoms with Crippen molar-refractivity contribution in [2.24, 2.45) is 0 Å². The highest BCUT2D eigenvalue weighted by Gasteiger charge is 2.50. The van der Waals surface area contributed by atoms with Gasteiger partial charge in [-0.15, -0.1) is 11.8 Å². The zero-order valence-corrected chi connectivity index (χ0v) is 19.4. The molecule has 3 N–H and O–H groups in total. The molecule has 0 unspecified atom stereocenters. The summed E-state index contributed by atoms with van der Waals surface area (Å²) in [5.74, 6) is -1.95. The number of amides is 1. The van der Waals surface area contributed by atoms with Crippen LogP contribution in [0.4, 0.5) is 0 Å². The van der Waals surface area contributed by atoms with E-state index >= 15 is 0 Å². The van der Waals surface area contributed by atoms with Gasteiger partial charge in [-0.05, 0) is 32.5 Å². The van der Waals surface area contributed by atoms with E-state index in [1.165, 1.54) is 11.8 Å². The van der Waals surface area contributed by atoms with Gasteiger partial charge in [0.05, 0.1) is 11.8 Å². The largest absolute Gasteiger partial charge is 0.480 e. The smallest absolute Gasteiger partial charge is 0.328 e. The SMILES string of the molecule is CCN(CC)CCOC(=O)[C@@H]1N[C@@H]([C@H](NC(=O)Cc2ccccc2)C(=O)O)SC1(C)C. The molecule has 0 aliphatic carbocycles. The second-order valence-corrected chi connectivity index (χ2v) is 9.78. The monoisotopic (exact) mass is 451 g/mol. The van der Waals surface area contributed by atoms with E-state index in [4.69, 9.17) is 4.74 Å². The summed E-state index contributed by atoms with van der Waals surface area (Å²) in [7, 11) is 0. The molecule has 9 heteroatoms. The minimum atomic E-state index is -1.17. The third-order valence-corrected chi connectivity index (χ3v) is 6.84. The van der Waals surface area contributed by atoms with Crippen LogP contribution in [0.25, 0.3) is 0 Å². The summed E-state index contributed by atoms with van der Waals surface area (Å²) >= 11 is 1.32. The third-order valence-electron chi connectivity index (χ3n) is 5.33. The fourth-order valence-electron chi connectivity index (χ4n) is 3.48. The lowest BCUT2D eigenvalue weighted by Crippen LogP contribution is -2.54. The van der Waals surface area contributed by atoms with E-state index in [2.05, 4.69) is 15.5 Å². The molecule has 1 aromatic carbocycles. The number of rotatable bonds is 11. The topological polar surface area (TPSA) is 108 Å². The molecule has 1 heterocycles. The van der Waals surface area contributed by atoms with Crippen LogP contribution in [0.5, 0.6) is 0 Å². The maximum absolute atomic E-state index is 12.7. The molecule has 1 amide bonds.